The van der Waals surface area contributed by atoms with Crippen LogP contribution in [-0.2, 0) is 9.59 Å². The molecule has 0 unspecified atom stereocenters. The van der Waals surface area contributed by atoms with Crippen LogP contribution in [0.5, 0.6) is 11.5 Å². The molecule has 184 valence electrons. The smallest absolute Gasteiger partial charge is 0.248 e. The van der Waals surface area contributed by atoms with E-state index in [4.69, 9.17) is 13.9 Å². The van der Waals surface area contributed by atoms with Gasteiger partial charge in [-0.05, 0) is 54.5 Å². The maximum atomic E-state index is 13.4. The lowest BCUT2D eigenvalue weighted by Crippen LogP contribution is -2.11. The SMILES string of the molecule is COc1ccc(NC(C)=O)cc1NC(=O)/C=C(\C)c1cc2c(-c3ccc(F)cc3)coc2cc1OC. The van der Waals surface area contributed by atoms with Crippen LogP contribution in [0.2, 0.25) is 0 Å². The second-order valence-electron chi connectivity index (χ2n) is 8.12. The van der Waals surface area contributed by atoms with Gasteiger partial charge in [0.25, 0.3) is 0 Å². The highest BCUT2D eigenvalue weighted by atomic mass is 19.1. The van der Waals surface area contributed by atoms with Crippen molar-refractivity contribution < 1.29 is 27.9 Å². The van der Waals surface area contributed by atoms with Gasteiger partial charge in [-0.15, -0.1) is 0 Å². The van der Waals surface area contributed by atoms with Gasteiger partial charge in [-0.1, -0.05) is 12.1 Å². The molecule has 0 aliphatic carbocycles. The first kappa shape index (κ1) is 24.5. The molecule has 0 aliphatic heterocycles. The molecule has 0 aliphatic rings. The Hall–Kier alpha value is -4.59. The van der Waals surface area contributed by atoms with E-state index >= 15 is 0 Å². The zero-order chi connectivity index (χ0) is 25.8. The maximum absolute atomic E-state index is 13.4. The Morgan fingerprint density at radius 3 is 2.31 bits per heavy atom. The van der Waals surface area contributed by atoms with Crippen molar-refractivity contribution in [3.05, 3.63) is 78.3 Å². The third-order valence-corrected chi connectivity index (χ3v) is 5.60. The lowest BCUT2D eigenvalue weighted by molar-refractivity contribution is -0.114. The molecule has 0 bridgehead atoms. The lowest BCUT2D eigenvalue weighted by atomic mass is 9.99. The van der Waals surface area contributed by atoms with Crippen molar-refractivity contribution in [1.29, 1.82) is 0 Å². The zero-order valence-electron chi connectivity index (χ0n) is 20.3. The monoisotopic (exact) mass is 488 g/mol. The van der Waals surface area contributed by atoms with Crippen LogP contribution in [0.25, 0.3) is 27.7 Å². The van der Waals surface area contributed by atoms with Crippen LogP contribution in [0.1, 0.15) is 19.4 Å². The summed E-state index contributed by atoms with van der Waals surface area (Å²) < 4.78 is 30.0. The van der Waals surface area contributed by atoms with Gasteiger partial charge in [0.15, 0.2) is 0 Å². The van der Waals surface area contributed by atoms with Gasteiger partial charge < -0.3 is 24.5 Å². The molecule has 36 heavy (non-hydrogen) atoms. The molecular formula is C28H25FN2O5. The molecule has 3 aromatic carbocycles. The van der Waals surface area contributed by atoms with E-state index in [9.17, 15) is 14.0 Å². The molecule has 4 rings (SSSR count). The predicted octanol–water partition coefficient (Wildman–Crippen LogP) is 6.26. The van der Waals surface area contributed by atoms with Crippen LogP contribution in [0.4, 0.5) is 15.8 Å². The molecule has 8 heteroatoms. The second kappa shape index (κ2) is 10.4. The average Bonchev–Trinajstić information content (AvgIpc) is 3.26. The highest BCUT2D eigenvalue weighted by molar-refractivity contribution is 6.06. The topological polar surface area (TPSA) is 89.8 Å². The van der Waals surface area contributed by atoms with Gasteiger partial charge in [-0.25, -0.2) is 4.39 Å². The minimum atomic E-state index is -0.390. The van der Waals surface area contributed by atoms with Crippen molar-refractivity contribution in [2.75, 3.05) is 24.9 Å². The number of nitrogens with one attached hydrogen (secondary N) is 2. The van der Waals surface area contributed by atoms with Gasteiger partial charge in [0, 0.05) is 41.3 Å². The third kappa shape index (κ3) is 5.22. The Labute approximate surface area is 207 Å². The molecule has 0 saturated carbocycles. The van der Waals surface area contributed by atoms with Gasteiger partial charge in [-0.3, -0.25) is 9.59 Å². The number of ether oxygens (including phenoxy) is 2. The van der Waals surface area contributed by atoms with Crippen molar-refractivity contribution in [3.8, 4) is 22.6 Å². The molecule has 0 saturated heterocycles. The van der Waals surface area contributed by atoms with E-state index in [0.29, 0.717) is 39.6 Å². The lowest BCUT2D eigenvalue weighted by Gasteiger charge is -2.13. The zero-order valence-corrected chi connectivity index (χ0v) is 20.3. The molecular weight excluding hydrogens is 463 g/mol. The first-order valence-electron chi connectivity index (χ1n) is 11.1. The number of amides is 2. The van der Waals surface area contributed by atoms with E-state index in [1.54, 1.807) is 56.7 Å². The number of carbonyl (C=O) groups is 2. The Morgan fingerprint density at radius 2 is 1.64 bits per heavy atom. The number of furan rings is 1. The molecule has 0 spiro atoms. The molecule has 0 fully saturated rings. The summed E-state index contributed by atoms with van der Waals surface area (Å²) in [5.74, 6) is 0.0471. The van der Waals surface area contributed by atoms with Gasteiger partial charge >= 0.3 is 0 Å². The highest BCUT2D eigenvalue weighted by Gasteiger charge is 2.16. The van der Waals surface area contributed by atoms with Crippen molar-refractivity contribution in [2.45, 2.75) is 13.8 Å². The molecule has 1 heterocycles. The summed E-state index contributed by atoms with van der Waals surface area (Å²) in [5.41, 5.74) is 4.49. The van der Waals surface area contributed by atoms with Crippen LogP contribution in [0.15, 0.2) is 71.4 Å². The summed E-state index contributed by atoms with van der Waals surface area (Å²) in [6, 6.07) is 14.7. The van der Waals surface area contributed by atoms with E-state index in [-0.39, 0.29) is 17.6 Å². The van der Waals surface area contributed by atoms with Gasteiger partial charge in [-0.2, -0.15) is 0 Å². The quantitative estimate of drug-likeness (QED) is 0.300. The Morgan fingerprint density at radius 1 is 0.917 bits per heavy atom. The molecule has 0 radical (unpaired) electrons. The number of benzene rings is 3. The number of carbonyl (C=O) groups excluding carboxylic acids is 2. The average molecular weight is 489 g/mol. The van der Waals surface area contributed by atoms with E-state index < -0.39 is 0 Å². The van der Waals surface area contributed by atoms with Crippen LogP contribution >= 0.6 is 0 Å². The van der Waals surface area contributed by atoms with Crippen LogP contribution < -0.4 is 20.1 Å². The summed E-state index contributed by atoms with van der Waals surface area (Å²) in [5, 5.41) is 6.28. The van der Waals surface area contributed by atoms with Crippen LogP contribution in [0, 0.1) is 5.82 Å². The number of hydrogen-bond acceptors (Lipinski definition) is 5. The largest absolute Gasteiger partial charge is 0.496 e. The third-order valence-electron chi connectivity index (χ3n) is 5.60. The molecule has 2 N–H and O–H groups in total. The first-order chi connectivity index (χ1) is 17.3. The molecule has 1 aromatic heterocycles. The minimum absolute atomic E-state index is 0.227. The van der Waals surface area contributed by atoms with E-state index in [0.717, 1.165) is 16.5 Å². The normalized spacial score (nSPS) is 11.3. The Bertz CT molecular complexity index is 1470. The number of rotatable bonds is 7. The first-order valence-corrected chi connectivity index (χ1v) is 11.1. The van der Waals surface area contributed by atoms with Crippen LogP contribution in [-0.4, -0.2) is 26.0 Å². The second-order valence-corrected chi connectivity index (χ2v) is 8.12. The molecule has 2 amide bonds. The number of halogens is 1. The highest BCUT2D eigenvalue weighted by Crippen LogP contribution is 2.37. The summed E-state index contributed by atoms with van der Waals surface area (Å²) in [4.78, 5) is 24.3. The minimum Gasteiger partial charge on any atom is -0.496 e. The van der Waals surface area contributed by atoms with Crippen molar-refractivity contribution >= 4 is 39.7 Å². The summed E-state index contributed by atoms with van der Waals surface area (Å²) >= 11 is 0. The molecule has 0 atom stereocenters. The number of allylic oxidation sites excluding steroid dienone is 1. The fourth-order valence-corrected chi connectivity index (χ4v) is 3.91. The number of fused-ring (bicyclic) bond motifs is 1. The maximum Gasteiger partial charge on any atom is 0.248 e. The van der Waals surface area contributed by atoms with Gasteiger partial charge in [0.2, 0.25) is 11.8 Å². The van der Waals surface area contributed by atoms with Crippen molar-refractivity contribution in [1.82, 2.24) is 0 Å². The Balaban J connectivity index is 1.67. The number of hydrogen-bond donors (Lipinski definition) is 2. The fourth-order valence-electron chi connectivity index (χ4n) is 3.91. The predicted molar refractivity (Wildman–Crippen MR) is 138 cm³/mol. The fraction of sp³-hybridized carbons (Fsp3) is 0.143. The van der Waals surface area contributed by atoms with Crippen molar-refractivity contribution in [2.24, 2.45) is 0 Å². The van der Waals surface area contributed by atoms with E-state index in [1.807, 2.05) is 6.07 Å². The summed E-state index contributed by atoms with van der Waals surface area (Å²) in [6.45, 7) is 3.20. The molecule has 4 aromatic rings. The number of methoxy groups -OCH3 is 2. The summed E-state index contributed by atoms with van der Waals surface area (Å²) in [6.07, 6.45) is 3.06. The summed E-state index contributed by atoms with van der Waals surface area (Å²) in [7, 11) is 3.04. The number of anilines is 2. The van der Waals surface area contributed by atoms with Gasteiger partial charge in [0.1, 0.15) is 22.9 Å². The Kier molecular flexibility index (Phi) is 7.05. The van der Waals surface area contributed by atoms with E-state index in [2.05, 4.69) is 10.6 Å². The van der Waals surface area contributed by atoms with Crippen LogP contribution in [0.3, 0.4) is 0 Å². The van der Waals surface area contributed by atoms with Gasteiger partial charge in [0.05, 0.1) is 26.2 Å². The van der Waals surface area contributed by atoms with E-state index in [1.165, 1.54) is 32.2 Å². The molecule has 7 nitrogen and oxygen atoms in total. The standard InChI is InChI=1S/C28H25FN2O5/c1-16(11-28(33)31-24-12-20(30-17(2)32)9-10-25(24)34-3)21-13-22-23(18-5-7-19(29)8-6-18)15-36-27(22)14-26(21)35-4/h5-15H,1-4H3,(H,30,32)(H,31,33)/b16-11+. The van der Waals surface area contributed by atoms with Crippen molar-refractivity contribution in [3.63, 3.8) is 0 Å².